The van der Waals surface area contributed by atoms with Gasteiger partial charge in [0.1, 0.15) is 5.70 Å². The number of carbonyl (C=O) groups excluding carboxylic acids is 2. The number of fused-ring (bicyclic) bond motifs is 1. The van der Waals surface area contributed by atoms with E-state index in [2.05, 4.69) is 5.32 Å². The number of nitrogens with zero attached hydrogens (tertiary/aromatic N) is 3. The maximum atomic E-state index is 13.0. The summed E-state index contributed by atoms with van der Waals surface area (Å²) in [6.45, 7) is 8.32. The summed E-state index contributed by atoms with van der Waals surface area (Å²) in [5.74, 6) is -1.64. The van der Waals surface area contributed by atoms with Crippen LogP contribution in [0, 0.1) is 17.2 Å². The first-order chi connectivity index (χ1) is 15.1. The first-order valence-corrected chi connectivity index (χ1v) is 12.0. The Morgan fingerprint density at radius 1 is 1.22 bits per heavy atom. The molecule has 0 bridgehead atoms. The summed E-state index contributed by atoms with van der Waals surface area (Å²) in [6, 6.07) is -0.633. The normalized spacial score (nSPS) is 33.3. The highest BCUT2D eigenvalue weighted by molar-refractivity contribution is 8.03. The molecule has 4 aliphatic rings. The zero-order valence-corrected chi connectivity index (χ0v) is 19.4. The highest BCUT2D eigenvalue weighted by Gasteiger charge is 2.60. The maximum Gasteiger partial charge on any atom is 0.353 e. The standard InChI is InChI=1S/C21H31N5O5S/c1-10-16-15(11(2)27)20(29)26(16)17(21(30)31)18(10)32-13-8-14(23-9-13)19(28)25-6-4-24(5-7-25)12(3)22/h10-11,13-16,22-23,27H,4-9H2,1-3H3,(H,30,31)/t10?,11?,13?,14?,15?,16-/m0/s1. The lowest BCUT2D eigenvalue weighted by Gasteiger charge is -2.46. The summed E-state index contributed by atoms with van der Waals surface area (Å²) in [5.41, 5.74) is 0.0299. The molecular formula is C21H31N5O5S. The number of aliphatic hydroxyl groups is 1. The molecule has 6 atom stereocenters. The van der Waals surface area contributed by atoms with Crippen LogP contribution >= 0.6 is 11.8 Å². The number of rotatable bonds is 5. The number of thioether (sulfide) groups is 1. The van der Waals surface area contributed by atoms with E-state index in [9.17, 15) is 24.6 Å². The van der Waals surface area contributed by atoms with Crippen molar-refractivity contribution < 1.29 is 24.6 Å². The fourth-order valence-electron chi connectivity index (χ4n) is 5.32. The number of amides is 2. The average molecular weight is 466 g/mol. The highest BCUT2D eigenvalue weighted by atomic mass is 32.2. The Hall–Kier alpha value is -2.11. The smallest absolute Gasteiger partial charge is 0.353 e. The minimum atomic E-state index is -1.13. The van der Waals surface area contributed by atoms with Crippen LogP contribution in [0.4, 0.5) is 0 Å². The summed E-state index contributed by atoms with van der Waals surface area (Å²) in [5, 5.41) is 30.8. The maximum absolute atomic E-state index is 13.0. The van der Waals surface area contributed by atoms with Gasteiger partial charge < -0.3 is 30.2 Å². The Balaban J connectivity index is 1.40. The number of carbonyl (C=O) groups is 3. The van der Waals surface area contributed by atoms with Gasteiger partial charge in [0, 0.05) is 48.8 Å². The van der Waals surface area contributed by atoms with Crippen molar-refractivity contribution in [3.8, 4) is 0 Å². The number of carboxylic acid groups (broad SMARTS) is 1. The summed E-state index contributed by atoms with van der Waals surface area (Å²) >= 11 is 1.45. The van der Waals surface area contributed by atoms with Crippen molar-refractivity contribution in [2.45, 2.75) is 50.6 Å². The monoisotopic (exact) mass is 465 g/mol. The summed E-state index contributed by atoms with van der Waals surface area (Å²) in [6.07, 6.45) is -0.229. The number of nitrogens with one attached hydrogen (secondary N) is 2. The predicted octanol–water partition coefficient (Wildman–Crippen LogP) is -0.255. The molecule has 4 N–H and O–H groups in total. The molecule has 0 aliphatic carbocycles. The van der Waals surface area contributed by atoms with Gasteiger partial charge in [-0.2, -0.15) is 0 Å². The first kappa shape index (κ1) is 23.1. The van der Waals surface area contributed by atoms with Gasteiger partial charge in [-0.25, -0.2) is 4.79 Å². The van der Waals surface area contributed by atoms with E-state index >= 15 is 0 Å². The van der Waals surface area contributed by atoms with Crippen LogP contribution in [-0.2, 0) is 14.4 Å². The Morgan fingerprint density at radius 2 is 1.84 bits per heavy atom. The van der Waals surface area contributed by atoms with Crippen LogP contribution in [0.2, 0.25) is 0 Å². The molecule has 4 aliphatic heterocycles. The van der Waals surface area contributed by atoms with E-state index in [1.54, 1.807) is 13.8 Å². The van der Waals surface area contributed by atoms with Crippen LogP contribution in [0.5, 0.6) is 0 Å². The van der Waals surface area contributed by atoms with Gasteiger partial charge >= 0.3 is 5.97 Å². The molecule has 176 valence electrons. The lowest BCUT2D eigenvalue weighted by atomic mass is 9.79. The van der Waals surface area contributed by atoms with Crippen LogP contribution in [0.15, 0.2) is 10.6 Å². The van der Waals surface area contributed by atoms with Crippen LogP contribution in [0.1, 0.15) is 27.2 Å². The second-order valence-corrected chi connectivity index (χ2v) is 10.4. The molecule has 0 spiro atoms. The van der Waals surface area contributed by atoms with Gasteiger partial charge in [0.25, 0.3) is 0 Å². The third-order valence-corrected chi connectivity index (χ3v) is 8.57. The zero-order chi connectivity index (χ0) is 23.3. The van der Waals surface area contributed by atoms with E-state index in [4.69, 9.17) is 5.41 Å². The lowest BCUT2D eigenvalue weighted by Crippen LogP contribution is -2.63. The van der Waals surface area contributed by atoms with E-state index in [1.165, 1.54) is 16.7 Å². The second kappa shape index (κ2) is 8.68. The molecule has 3 fully saturated rings. The van der Waals surface area contributed by atoms with E-state index in [-0.39, 0.29) is 40.8 Å². The number of β-lactam (4-membered cyclic amide) rings is 1. The highest BCUT2D eigenvalue weighted by Crippen LogP contribution is 2.51. The third-order valence-electron chi connectivity index (χ3n) is 7.06. The van der Waals surface area contributed by atoms with Crippen molar-refractivity contribution in [3.05, 3.63) is 10.6 Å². The van der Waals surface area contributed by atoms with Crippen molar-refractivity contribution in [1.82, 2.24) is 20.0 Å². The largest absolute Gasteiger partial charge is 0.477 e. The Labute approximate surface area is 191 Å². The van der Waals surface area contributed by atoms with Crippen molar-refractivity contribution in [2.24, 2.45) is 11.8 Å². The fourth-order valence-corrected chi connectivity index (χ4v) is 6.80. The molecule has 4 rings (SSSR count). The summed E-state index contributed by atoms with van der Waals surface area (Å²) in [7, 11) is 0. The van der Waals surface area contributed by atoms with Gasteiger partial charge in [-0.15, -0.1) is 11.8 Å². The molecule has 11 heteroatoms. The predicted molar refractivity (Wildman–Crippen MR) is 119 cm³/mol. The van der Waals surface area contributed by atoms with Crippen LogP contribution in [0.3, 0.4) is 0 Å². The van der Waals surface area contributed by atoms with Crippen molar-refractivity contribution in [3.63, 3.8) is 0 Å². The van der Waals surface area contributed by atoms with Gasteiger partial charge in [0.05, 0.1) is 29.9 Å². The molecule has 2 amide bonds. The lowest BCUT2D eigenvalue weighted by molar-refractivity contribution is -0.163. The van der Waals surface area contributed by atoms with Crippen LogP contribution < -0.4 is 5.32 Å². The van der Waals surface area contributed by atoms with Crippen LogP contribution in [-0.4, -0.2) is 105 Å². The SMILES string of the molecule is CC(=N)N1CCN(C(=O)C2CC(SC3=C(C(=O)O)N4C(=O)C(C(C)O)[C@@H]4C3C)CN2)CC1. The molecule has 0 saturated carbocycles. The zero-order valence-electron chi connectivity index (χ0n) is 18.6. The minimum absolute atomic E-state index is 0.0275. The number of hydrogen-bond acceptors (Lipinski definition) is 7. The van der Waals surface area contributed by atoms with Gasteiger partial charge in [-0.05, 0) is 20.3 Å². The van der Waals surface area contributed by atoms with Crippen molar-refractivity contribution >= 4 is 35.4 Å². The van der Waals surface area contributed by atoms with Gasteiger partial charge in [-0.3, -0.25) is 15.0 Å². The third kappa shape index (κ3) is 3.80. The Bertz CT molecular complexity index is 869. The van der Waals surface area contributed by atoms with Gasteiger partial charge in [0.2, 0.25) is 11.8 Å². The van der Waals surface area contributed by atoms with E-state index in [0.29, 0.717) is 49.9 Å². The Morgan fingerprint density at radius 3 is 2.41 bits per heavy atom. The number of amidine groups is 1. The quantitative estimate of drug-likeness (QED) is 0.248. The Kier molecular flexibility index (Phi) is 6.25. The van der Waals surface area contributed by atoms with Crippen LogP contribution in [0.25, 0.3) is 0 Å². The minimum Gasteiger partial charge on any atom is -0.477 e. The van der Waals surface area contributed by atoms with Crippen molar-refractivity contribution in [2.75, 3.05) is 32.7 Å². The summed E-state index contributed by atoms with van der Waals surface area (Å²) < 4.78 is 0. The van der Waals surface area contributed by atoms with Crippen molar-refractivity contribution in [1.29, 1.82) is 5.41 Å². The molecule has 0 aromatic heterocycles. The molecule has 32 heavy (non-hydrogen) atoms. The number of carboxylic acids is 1. The molecule has 5 unspecified atom stereocenters. The summed E-state index contributed by atoms with van der Waals surface area (Å²) in [4.78, 5) is 43.2. The molecule has 3 saturated heterocycles. The molecule has 0 aromatic rings. The molecule has 4 heterocycles. The number of hydrogen-bond donors (Lipinski definition) is 4. The number of aliphatic hydroxyl groups excluding tert-OH is 1. The molecule has 0 radical (unpaired) electrons. The van der Waals surface area contributed by atoms with Gasteiger partial charge in [-0.1, -0.05) is 6.92 Å². The average Bonchev–Trinajstić information content (AvgIpc) is 3.29. The topological polar surface area (TPSA) is 137 Å². The molecular weight excluding hydrogens is 434 g/mol. The fraction of sp³-hybridized carbons (Fsp3) is 0.714. The number of aliphatic carboxylic acids is 1. The first-order valence-electron chi connectivity index (χ1n) is 11.1. The number of piperazine rings is 1. The van der Waals surface area contributed by atoms with E-state index in [1.807, 2.05) is 16.7 Å². The molecule has 0 aromatic carbocycles. The molecule has 10 nitrogen and oxygen atoms in total. The second-order valence-electron chi connectivity index (χ2n) is 9.11. The van der Waals surface area contributed by atoms with E-state index < -0.39 is 18.0 Å². The van der Waals surface area contributed by atoms with Gasteiger partial charge in [0.15, 0.2) is 0 Å². The van der Waals surface area contributed by atoms with E-state index in [0.717, 1.165) is 0 Å².